The van der Waals surface area contributed by atoms with Crippen molar-refractivity contribution in [3.63, 3.8) is 0 Å². The third kappa shape index (κ3) is 6.60. The van der Waals surface area contributed by atoms with Gasteiger partial charge >= 0.3 is 0 Å². The predicted molar refractivity (Wildman–Crippen MR) is 136 cm³/mol. The molecule has 3 heterocycles. The standard InChI is InChI=1S/C26H37FN6O2/c1-2-11-33-25(34)19-22(20-29-33)31-13-8-21(9-14-31)26(35)28-10-5-12-30-15-17-32(18-16-30)24-7-4-3-6-23(24)27/h3-4,6-7,19-21H,2,5,8-18H2,1H3,(H,28,35). The number of amides is 1. The summed E-state index contributed by atoms with van der Waals surface area (Å²) >= 11 is 0. The van der Waals surface area contributed by atoms with E-state index in [9.17, 15) is 14.0 Å². The summed E-state index contributed by atoms with van der Waals surface area (Å²) in [6, 6.07) is 8.60. The van der Waals surface area contributed by atoms with Gasteiger partial charge in [-0.2, -0.15) is 5.10 Å². The molecule has 1 aromatic carbocycles. The first-order valence-corrected chi connectivity index (χ1v) is 12.9. The van der Waals surface area contributed by atoms with Crippen molar-refractivity contribution in [2.75, 3.05) is 62.2 Å². The number of benzene rings is 1. The Morgan fingerprint density at radius 1 is 1.06 bits per heavy atom. The monoisotopic (exact) mass is 484 g/mol. The van der Waals surface area contributed by atoms with E-state index in [1.807, 2.05) is 19.1 Å². The van der Waals surface area contributed by atoms with Gasteiger partial charge in [0.05, 0.1) is 17.6 Å². The fourth-order valence-electron chi connectivity index (χ4n) is 4.96. The lowest BCUT2D eigenvalue weighted by Crippen LogP contribution is -2.47. The Kier molecular flexibility index (Phi) is 8.74. The molecule has 0 unspecified atom stereocenters. The van der Waals surface area contributed by atoms with Crippen molar-refractivity contribution in [3.8, 4) is 0 Å². The summed E-state index contributed by atoms with van der Waals surface area (Å²) in [5.74, 6) is -0.0142. The van der Waals surface area contributed by atoms with Gasteiger partial charge in [0.15, 0.2) is 0 Å². The number of hydrogen-bond acceptors (Lipinski definition) is 6. The van der Waals surface area contributed by atoms with Crippen LogP contribution in [0.15, 0.2) is 41.3 Å². The fourth-order valence-corrected chi connectivity index (χ4v) is 4.96. The average molecular weight is 485 g/mol. The fraction of sp³-hybridized carbons (Fsp3) is 0.577. The van der Waals surface area contributed by atoms with E-state index in [-0.39, 0.29) is 23.2 Å². The quantitative estimate of drug-likeness (QED) is 0.551. The van der Waals surface area contributed by atoms with Crippen molar-refractivity contribution in [3.05, 3.63) is 52.7 Å². The maximum absolute atomic E-state index is 14.0. The molecule has 1 aromatic heterocycles. The molecule has 0 atom stereocenters. The van der Waals surface area contributed by atoms with Crippen LogP contribution in [0.4, 0.5) is 15.8 Å². The zero-order valence-electron chi connectivity index (χ0n) is 20.7. The van der Waals surface area contributed by atoms with E-state index in [1.165, 1.54) is 10.7 Å². The smallest absolute Gasteiger partial charge is 0.268 e. The second-order valence-electron chi connectivity index (χ2n) is 9.46. The van der Waals surface area contributed by atoms with Crippen molar-refractivity contribution in [2.24, 2.45) is 5.92 Å². The highest BCUT2D eigenvalue weighted by atomic mass is 19.1. The van der Waals surface area contributed by atoms with Crippen LogP contribution in [0.2, 0.25) is 0 Å². The molecule has 1 amide bonds. The van der Waals surface area contributed by atoms with Gasteiger partial charge in [-0.1, -0.05) is 19.1 Å². The van der Waals surface area contributed by atoms with Crippen LogP contribution in [0.3, 0.4) is 0 Å². The number of piperidine rings is 1. The highest BCUT2D eigenvalue weighted by Gasteiger charge is 2.25. The van der Waals surface area contributed by atoms with Crippen molar-refractivity contribution in [1.29, 1.82) is 0 Å². The van der Waals surface area contributed by atoms with Gasteiger partial charge in [-0.3, -0.25) is 14.5 Å². The number of anilines is 2. The lowest BCUT2D eigenvalue weighted by atomic mass is 9.95. The van der Waals surface area contributed by atoms with E-state index >= 15 is 0 Å². The van der Waals surface area contributed by atoms with Gasteiger partial charge in [-0.25, -0.2) is 9.07 Å². The zero-order chi connectivity index (χ0) is 24.6. The number of aryl methyl sites for hydroxylation is 1. The highest BCUT2D eigenvalue weighted by Crippen LogP contribution is 2.22. The van der Waals surface area contributed by atoms with Gasteiger partial charge in [-0.05, 0) is 44.4 Å². The molecule has 0 spiro atoms. The average Bonchev–Trinajstić information content (AvgIpc) is 2.89. The van der Waals surface area contributed by atoms with E-state index in [0.29, 0.717) is 18.8 Å². The molecule has 1 N–H and O–H groups in total. The van der Waals surface area contributed by atoms with Crippen molar-refractivity contribution >= 4 is 17.3 Å². The molecule has 0 saturated carbocycles. The summed E-state index contributed by atoms with van der Waals surface area (Å²) in [7, 11) is 0. The summed E-state index contributed by atoms with van der Waals surface area (Å²) in [5.41, 5.74) is 1.46. The topological polar surface area (TPSA) is 73.7 Å². The number of halogens is 1. The summed E-state index contributed by atoms with van der Waals surface area (Å²) in [6.45, 7) is 9.19. The number of nitrogens with one attached hydrogen (secondary N) is 1. The summed E-state index contributed by atoms with van der Waals surface area (Å²) in [6.07, 6.45) is 5.10. The number of rotatable bonds is 9. The minimum Gasteiger partial charge on any atom is -0.370 e. The van der Waals surface area contributed by atoms with Gasteiger partial charge in [0, 0.05) is 64.3 Å². The third-order valence-electron chi connectivity index (χ3n) is 7.04. The molecular formula is C26H37FN6O2. The van der Waals surface area contributed by atoms with Crippen LogP contribution >= 0.6 is 0 Å². The first kappa shape index (κ1) is 25.2. The molecule has 190 valence electrons. The molecule has 2 aromatic rings. The maximum atomic E-state index is 14.0. The number of para-hydroxylation sites is 1. The molecule has 2 saturated heterocycles. The van der Waals surface area contributed by atoms with Crippen LogP contribution in [0.5, 0.6) is 0 Å². The first-order valence-electron chi connectivity index (χ1n) is 12.9. The summed E-state index contributed by atoms with van der Waals surface area (Å²) in [5, 5.41) is 7.38. The Balaban J connectivity index is 1.12. The Morgan fingerprint density at radius 2 is 1.80 bits per heavy atom. The number of carbonyl (C=O) groups is 1. The second kappa shape index (κ2) is 12.2. The molecule has 0 bridgehead atoms. The Morgan fingerprint density at radius 3 is 2.49 bits per heavy atom. The van der Waals surface area contributed by atoms with Crippen molar-refractivity contribution in [1.82, 2.24) is 20.0 Å². The molecule has 8 nitrogen and oxygen atoms in total. The number of nitrogens with zero attached hydrogens (tertiary/aromatic N) is 5. The SMILES string of the molecule is CCCn1ncc(N2CCC(C(=O)NCCCN3CCN(c4ccccc4F)CC3)CC2)cc1=O. The molecule has 2 aliphatic rings. The molecule has 35 heavy (non-hydrogen) atoms. The lowest BCUT2D eigenvalue weighted by Gasteiger charge is -2.36. The van der Waals surface area contributed by atoms with Gasteiger partial charge in [0.1, 0.15) is 5.82 Å². The molecule has 0 aliphatic carbocycles. The predicted octanol–water partition coefficient (Wildman–Crippen LogP) is 2.34. The van der Waals surface area contributed by atoms with Gasteiger partial charge in [0.25, 0.3) is 5.56 Å². The van der Waals surface area contributed by atoms with Crippen LogP contribution in [0, 0.1) is 11.7 Å². The zero-order valence-corrected chi connectivity index (χ0v) is 20.7. The van der Waals surface area contributed by atoms with E-state index < -0.39 is 0 Å². The van der Waals surface area contributed by atoms with Crippen LogP contribution in [-0.4, -0.2) is 72.9 Å². The van der Waals surface area contributed by atoms with E-state index in [1.54, 1.807) is 18.3 Å². The van der Waals surface area contributed by atoms with Crippen LogP contribution in [-0.2, 0) is 11.3 Å². The molecule has 9 heteroatoms. The molecular weight excluding hydrogens is 447 g/mol. The van der Waals surface area contributed by atoms with Gasteiger partial charge in [-0.15, -0.1) is 0 Å². The Hall–Kier alpha value is -2.94. The van der Waals surface area contributed by atoms with Crippen LogP contribution < -0.4 is 20.7 Å². The highest BCUT2D eigenvalue weighted by molar-refractivity contribution is 5.79. The maximum Gasteiger partial charge on any atom is 0.268 e. The number of carbonyl (C=O) groups excluding carboxylic acids is 1. The summed E-state index contributed by atoms with van der Waals surface area (Å²) in [4.78, 5) is 31.5. The van der Waals surface area contributed by atoms with E-state index in [0.717, 1.165) is 77.2 Å². The lowest BCUT2D eigenvalue weighted by molar-refractivity contribution is -0.125. The molecule has 2 fully saturated rings. The van der Waals surface area contributed by atoms with Crippen LogP contribution in [0.1, 0.15) is 32.6 Å². The second-order valence-corrected chi connectivity index (χ2v) is 9.46. The van der Waals surface area contributed by atoms with Crippen LogP contribution in [0.25, 0.3) is 0 Å². The van der Waals surface area contributed by atoms with Crippen molar-refractivity contribution < 1.29 is 9.18 Å². The van der Waals surface area contributed by atoms with E-state index in [2.05, 4.69) is 25.1 Å². The largest absolute Gasteiger partial charge is 0.370 e. The summed E-state index contributed by atoms with van der Waals surface area (Å²) < 4.78 is 15.5. The normalized spacial score (nSPS) is 17.5. The molecule has 4 rings (SSSR count). The molecule has 0 radical (unpaired) electrons. The van der Waals surface area contributed by atoms with Crippen molar-refractivity contribution in [2.45, 2.75) is 39.2 Å². The third-order valence-corrected chi connectivity index (χ3v) is 7.04. The van der Waals surface area contributed by atoms with Gasteiger partial charge in [0.2, 0.25) is 5.91 Å². The Bertz CT molecular complexity index is 1030. The first-order chi connectivity index (χ1) is 17.0. The number of hydrogen-bond donors (Lipinski definition) is 1. The molecule has 2 aliphatic heterocycles. The number of aromatic nitrogens is 2. The van der Waals surface area contributed by atoms with E-state index in [4.69, 9.17) is 0 Å². The minimum absolute atomic E-state index is 0.0176. The van der Waals surface area contributed by atoms with Gasteiger partial charge < -0.3 is 15.1 Å². The minimum atomic E-state index is -0.162. The number of piperazine rings is 1. The Labute approximate surface area is 206 Å².